The topological polar surface area (TPSA) is 102 Å². The van der Waals surface area contributed by atoms with Crippen molar-refractivity contribution in [3.05, 3.63) is 52.5 Å². The Labute approximate surface area is 186 Å². The van der Waals surface area contributed by atoms with Crippen molar-refractivity contribution in [2.45, 2.75) is 24.7 Å². The van der Waals surface area contributed by atoms with Gasteiger partial charge in [0.05, 0.1) is 34.8 Å². The Morgan fingerprint density at radius 2 is 1.81 bits per heavy atom. The molecule has 0 saturated carbocycles. The second-order valence-corrected chi connectivity index (χ2v) is 9.19. The average molecular weight is 467 g/mol. The third kappa shape index (κ3) is 5.00. The Kier molecular flexibility index (Phi) is 7.19. The maximum atomic E-state index is 12.9. The SMILES string of the molecule is CCOC(=O)c1ccc(NC(=O)c2cc(S(=O)(=O)N3CCCC3)ccc2OC)cc1Cl. The van der Waals surface area contributed by atoms with Crippen molar-refractivity contribution in [2.24, 2.45) is 0 Å². The zero-order valence-corrected chi connectivity index (χ0v) is 18.8. The normalized spacial score (nSPS) is 14.3. The summed E-state index contributed by atoms with van der Waals surface area (Å²) in [7, 11) is -2.30. The molecule has 1 aliphatic rings. The highest BCUT2D eigenvalue weighted by Crippen LogP contribution is 2.28. The molecule has 1 amide bonds. The molecule has 0 atom stereocenters. The molecular formula is C21H23ClN2O6S. The number of nitrogens with zero attached hydrogens (tertiary/aromatic N) is 1. The largest absolute Gasteiger partial charge is 0.496 e. The number of anilines is 1. The van der Waals surface area contributed by atoms with Crippen LogP contribution in [0.4, 0.5) is 5.69 Å². The molecule has 0 unspecified atom stereocenters. The lowest BCUT2D eigenvalue weighted by molar-refractivity contribution is 0.0526. The minimum Gasteiger partial charge on any atom is -0.496 e. The Balaban J connectivity index is 1.87. The second-order valence-electron chi connectivity index (χ2n) is 6.84. The van der Waals surface area contributed by atoms with Gasteiger partial charge in [-0.1, -0.05) is 11.6 Å². The molecule has 1 fully saturated rings. The lowest BCUT2D eigenvalue weighted by Gasteiger charge is -2.17. The lowest BCUT2D eigenvalue weighted by atomic mass is 10.1. The Morgan fingerprint density at radius 1 is 1.10 bits per heavy atom. The average Bonchev–Trinajstić information content (AvgIpc) is 3.29. The van der Waals surface area contributed by atoms with Gasteiger partial charge < -0.3 is 14.8 Å². The molecule has 10 heteroatoms. The van der Waals surface area contributed by atoms with Gasteiger partial charge in [-0.2, -0.15) is 4.31 Å². The van der Waals surface area contributed by atoms with Gasteiger partial charge in [-0.25, -0.2) is 13.2 Å². The van der Waals surface area contributed by atoms with Gasteiger partial charge in [0, 0.05) is 18.8 Å². The third-order valence-corrected chi connectivity index (χ3v) is 7.05. The molecule has 3 rings (SSSR count). The number of carbonyl (C=O) groups excluding carboxylic acids is 2. The minimum absolute atomic E-state index is 0.0241. The van der Waals surface area contributed by atoms with E-state index < -0.39 is 21.9 Å². The number of benzene rings is 2. The van der Waals surface area contributed by atoms with Crippen molar-refractivity contribution in [1.29, 1.82) is 0 Å². The molecule has 1 heterocycles. The van der Waals surface area contributed by atoms with Crippen LogP contribution in [-0.2, 0) is 14.8 Å². The highest BCUT2D eigenvalue weighted by atomic mass is 35.5. The van der Waals surface area contributed by atoms with Gasteiger partial charge in [-0.15, -0.1) is 0 Å². The van der Waals surface area contributed by atoms with Gasteiger partial charge in [0.25, 0.3) is 5.91 Å². The molecule has 0 bridgehead atoms. The summed E-state index contributed by atoms with van der Waals surface area (Å²) in [5.74, 6) is -0.908. The number of carbonyl (C=O) groups is 2. The van der Waals surface area contributed by atoms with Crippen molar-refractivity contribution >= 4 is 39.2 Å². The molecule has 166 valence electrons. The van der Waals surface area contributed by atoms with Crippen LogP contribution in [0.25, 0.3) is 0 Å². The van der Waals surface area contributed by atoms with Gasteiger partial charge in [0.1, 0.15) is 5.75 Å². The summed E-state index contributed by atoms with van der Waals surface area (Å²) in [5, 5.41) is 2.78. The number of nitrogens with one attached hydrogen (secondary N) is 1. The smallest absolute Gasteiger partial charge is 0.339 e. The number of halogens is 1. The van der Waals surface area contributed by atoms with Crippen LogP contribution >= 0.6 is 11.6 Å². The van der Waals surface area contributed by atoms with E-state index in [1.807, 2.05) is 0 Å². The van der Waals surface area contributed by atoms with E-state index in [0.717, 1.165) is 12.8 Å². The monoisotopic (exact) mass is 466 g/mol. The van der Waals surface area contributed by atoms with Crippen molar-refractivity contribution in [2.75, 3.05) is 32.1 Å². The molecule has 2 aromatic carbocycles. The third-order valence-electron chi connectivity index (χ3n) is 4.84. The summed E-state index contributed by atoms with van der Waals surface area (Å²) in [4.78, 5) is 24.8. The predicted molar refractivity (Wildman–Crippen MR) is 116 cm³/mol. The van der Waals surface area contributed by atoms with Crippen LogP contribution in [0.3, 0.4) is 0 Å². The maximum absolute atomic E-state index is 12.9. The molecular weight excluding hydrogens is 444 g/mol. The predicted octanol–water partition coefficient (Wildman–Crippen LogP) is 3.56. The van der Waals surface area contributed by atoms with E-state index in [1.165, 1.54) is 47.8 Å². The fourth-order valence-electron chi connectivity index (χ4n) is 3.27. The highest BCUT2D eigenvalue weighted by molar-refractivity contribution is 7.89. The van der Waals surface area contributed by atoms with Crippen molar-refractivity contribution in [3.8, 4) is 5.75 Å². The van der Waals surface area contributed by atoms with Gasteiger partial charge in [0.15, 0.2) is 0 Å². The number of hydrogen-bond donors (Lipinski definition) is 1. The summed E-state index contributed by atoms with van der Waals surface area (Å²) >= 11 is 6.14. The van der Waals surface area contributed by atoms with Gasteiger partial charge in [-0.05, 0) is 56.2 Å². The number of sulfonamides is 1. The zero-order valence-electron chi connectivity index (χ0n) is 17.2. The molecule has 0 aliphatic carbocycles. The van der Waals surface area contributed by atoms with Gasteiger partial charge in [0.2, 0.25) is 10.0 Å². The van der Waals surface area contributed by atoms with Crippen molar-refractivity contribution in [1.82, 2.24) is 4.31 Å². The van der Waals surface area contributed by atoms with Crippen LogP contribution in [0, 0.1) is 0 Å². The Hall–Kier alpha value is -2.62. The highest BCUT2D eigenvalue weighted by Gasteiger charge is 2.28. The van der Waals surface area contributed by atoms with Gasteiger partial charge >= 0.3 is 5.97 Å². The number of esters is 1. The fourth-order valence-corrected chi connectivity index (χ4v) is 5.07. The van der Waals surface area contributed by atoms with Crippen LogP contribution in [0.5, 0.6) is 5.75 Å². The Morgan fingerprint density at radius 3 is 2.42 bits per heavy atom. The first-order chi connectivity index (χ1) is 14.8. The van der Waals surface area contributed by atoms with Crippen LogP contribution in [0.1, 0.15) is 40.5 Å². The van der Waals surface area contributed by atoms with Crippen LogP contribution in [0.2, 0.25) is 5.02 Å². The summed E-state index contributed by atoms with van der Waals surface area (Å²) in [6, 6.07) is 8.55. The van der Waals surface area contributed by atoms with E-state index in [4.69, 9.17) is 21.1 Å². The first-order valence-corrected chi connectivity index (χ1v) is 11.6. The molecule has 0 radical (unpaired) electrons. The maximum Gasteiger partial charge on any atom is 0.339 e. The number of ether oxygens (including phenoxy) is 2. The number of hydrogen-bond acceptors (Lipinski definition) is 6. The van der Waals surface area contributed by atoms with Crippen LogP contribution < -0.4 is 10.1 Å². The first-order valence-electron chi connectivity index (χ1n) is 9.74. The lowest BCUT2D eigenvalue weighted by Crippen LogP contribution is -2.28. The van der Waals surface area contributed by atoms with E-state index in [0.29, 0.717) is 18.8 Å². The molecule has 31 heavy (non-hydrogen) atoms. The van der Waals surface area contributed by atoms with E-state index in [2.05, 4.69) is 5.32 Å². The van der Waals surface area contributed by atoms with Crippen LogP contribution in [-0.4, -0.2) is 51.4 Å². The Bertz CT molecular complexity index is 1100. The van der Waals surface area contributed by atoms with Crippen molar-refractivity contribution in [3.63, 3.8) is 0 Å². The standard InChI is InChI=1S/C21H23ClN2O6S/c1-3-30-21(26)16-8-6-14(12-18(16)22)23-20(25)17-13-15(7-9-19(17)29-2)31(27,28)24-10-4-5-11-24/h6-9,12-13H,3-5,10-11H2,1-2H3,(H,23,25). The molecule has 0 aromatic heterocycles. The van der Waals surface area contributed by atoms with E-state index in [1.54, 1.807) is 6.92 Å². The van der Waals surface area contributed by atoms with Crippen LogP contribution in [0.15, 0.2) is 41.3 Å². The minimum atomic E-state index is -3.69. The summed E-state index contributed by atoms with van der Waals surface area (Å²) < 4.78 is 37.3. The van der Waals surface area contributed by atoms with Gasteiger partial charge in [-0.3, -0.25) is 4.79 Å². The first kappa shape index (κ1) is 23.1. The van der Waals surface area contributed by atoms with E-state index in [-0.39, 0.29) is 33.4 Å². The summed E-state index contributed by atoms with van der Waals surface area (Å²) in [5.41, 5.74) is 0.573. The number of methoxy groups -OCH3 is 1. The molecule has 8 nitrogen and oxygen atoms in total. The fraction of sp³-hybridized carbons (Fsp3) is 0.333. The number of rotatable bonds is 7. The summed E-state index contributed by atoms with van der Waals surface area (Å²) in [6.07, 6.45) is 1.62. The van der Waals surface area contributed by atoms with E-state index >= 15 is 0 Å². The molecule has 1 N–H and O–H groups in total. The quantitative estimate of drug-likeness (QED) is 0.626. The second kappa shape index (κ2) is 9.67. The zero-order chi connectivity index (χ0) is 22.6. The van der Waals surface area contributed by atoms with Crippen molar-refractivity contribution < 1.29 is 27.5 Å². The summed E-state index contributed by atoms with van der Waals surface area (Å²) in [6.45, 7) is 2.82. The molecule has 0 spiro atoms. The van der Waals surface area contributed by atoms with E-state index in [9.17, 15) is 18.0 Å². The molecule has 1 saturated heterocycles. The molecule has 1 aliphatic heterocycles. The molecule has 2 aromatic rings. The number of amides is 1.